The number of Topliss-reactive ketones (excluding diaryl/α,β-unsaturated/α-hetero) is 2. The van der Waals surface area contributed by atoms with Crippen molar-refractivity contribution in [2.24, 2.45) is 17.5 Å². The maximum Gasteiger partial charge on any atom is 0.270 e. The average Bonchev–Trinajstić information content (AvgIpc) is 1.51. The van der Waals surface area contributed by atoms with Crippen molar-refractivity contribution >= 4 is 190 Å². The number of unbranched alkanes of at least 4 members (excludes halogenated alkanes) is 6. The van der Waals surface area contributed by atoms with Gasteiger partial charge in [0.1, 0.15) is 40.5 Å². The van der Waals surface area contributed by atoms with Crippen LogP contribution in [0.25, 0.3) is 76.2 Å². The standard InChI is InChI=1S/C67H42N8O2S10/c1-4-6-8-10-12-33-14-18-36(19-15-33)67(37-20-16-34(17-21-37)13-11-9-7-5-2)51-61-45(28-47(82-61)63-55-53(72-86-74-55)43(80-63)26-40-49(35(30-68)31-69)38-22-24-78-59(38)57(40)76)84-65(51)66-52(67)62-46(85-66)29-48(83-62)64-56-54(73-87-75-56)44(81-64)27-41-50(42(32-70)71-3)39-23-25-79-60(39)58(41)77/h14-29H,4-13H2,1-2H3/b40-26-,41-27-,50-42+. The monoisotopic (exact) mass is 1310 g/mol. The predicted molar refractivity (Wildman–Crippen MR) is 366 cm³/mol. The highest BCUT2D eigenvalue weighted by atomic mass is 32.1. The Morgan fingerprint density at radius 2 is 1.00 bits per heavy atom. The van der Waals surface area contributed by atoms with Crippen LogP contribution in [0.4, 0.5) is 22.7 Å². The number of carbonyl (C=O) groups is 2. The highest BCUT2D eigenvalue weighted by Gasteiger charge is 2.52. The third-order valence-corrected chi connectivity index (χ3v) is 27.1. The van der Waals surface area contributed by atoms with E-state index in [1.54, 1.807) is 22.7 Å². The summed E-state index contributed by atoms with van der Waals surface area (Å²) in [7, 11) is 0. The number of benzene rings is 2. The Hall–Kier alpha value is -7.54. The molecule has 422 valence electrons. The Kier molecular flexibility index (Phi) is 14.5. The third kappa shape index (κ3) is 8.79. The molecule has 10 aromatic rings. The number of ketones is 2. The maximum absolute atomic E-state index is 14.1. The van der Waals surface area contributed by atoms with E-state index in [4.69, 9.17) is 24.0 Å². The second kappa shape index (κ2) is 22.6. The van der Waals surface area contributed by atoms with E-state index in [0.29, 0.717) is 54.5 Å². The van der Waals surface area contributed by atoms with Gasteiger partial charge in [0.15, 0.2) is 0 Å². The Labute approximate surface area is 539 Å². The zero-order chi connectivity index (χ0) is 59.2. The number of thiophene rings is 8. The molecule has 2 aromatic carbocycles. The summed E-state index contributed by atoms with van der Waals surface area (Å²) in [5.41, 5.74) is 12.2. The molecule has 2 aliphatic heterocycles. The number of fused-ring (bicyclic) bond motifs is 11. The van der Waals surface area contributed by atoms with Crippen LogP contribution in [-0.2, 0) is 41.0 Å². The first-order valence-corrected chi connectivity index (χ1v) is 36.4. The molecular formula is C67H42N8O2S10. The summed E-state index contributed by atoms with van der Waals surface area (Å²) in [5.74, 6) is -0.404. The lowest BCUT2D eigenvalue weighted by Crippen LogP contribution is -2.28. The highest BCUT2D eigenvalue weighted by molar-refractivity contribution is 7.58. The molecule has 0 N–H and O–H groups in total. The molecule has 5 aliphatic rings. The molecule has 0 spiro atoms. The van der Waals surface area contributed by atoms with E-state index in [1.807, 2.05) is 69.9 Å². The summed E-state index contributed by atoms with van der Waals surface area (Å²) >= 11 is 15.2. The normalized spacial score (nSPS) is 16.0. The molecule has 0 atom stereocenters. The van der Waals surface area contributed by atoms with Gasteiger partial charge in [-0.1, -0.05) is 101 Å². The second-order valence-electron chi connectivity index (χ2n) is 21.5. The molecule has 0 radical (unpaired) electrons. The summed E-state index contributed by atoms with van der Waals surface area (Å²) in [6, 6.07) is 33.4. The first-order chi connectivity index (χ1) is 42.7. The minimum atomic E-state index is -0.741. The number of hydrogen-bond acceptors (Lipinski definition) is 17. The van der Waals surface area contributed by atoms with E-state index in [9.17, 15) is 25.4 Å². The minimum Gasteiger partial charge on any atom is -0.288 e. The Morgan fingerprint density at radius 1 is 0.540 bits per heavy atom. The first-order valence-electron chi connectivity index (χ1n) is 28.3. The van der Waals surface area contributed by atoms with Gasteiger partial charge in [-0.15, -0.1) is 90.7 Å². The van der Waals surface area contributed by atoms with E-state index in [2.05, 4.69) is 85.4 Å². The van der Waals surface area contributed by atoms with Crippen molar-refractivity contribution in [3.8, 4) is 47.5 Å². The van der Waals surface area contributed by atoms with Gasteiger partial charge < -0.3 is 0 Å². The predicted octanol–water partition coefficient (Wildman–Crippen LogP) is 22.4. The van der Waals surface area contributed by atoms with Gasteiger partial charge in [-0.3, -0.25) is 9.59 Å². The summed E-state index contributed by atoms with van der Waals surface area (Å²) in [6.45, 7) is 12.4. The molecule has 0 saturated heterocycles. The second-order valence-corrected chi connectivity index (χ2v) is 30.7. The number of nitriles is 3. The van der Waals surface area contributed by atoms with Gasteiger partial charge in [0.2, 0.25) is 11.6 Å². The minimum absolute atomic E-state index is 0.0965. The van der Waals surface area contributed by atoms with Crippen molar-refractivity contribution in [2.75, 3.05) is 0 Å². The molecule has 8 aromatic heterocycles. The first kappa shape index (κ1) is 56.0. The van der Waals surface area contributed by atoms with E-state index >= 15 is 0 Å². The van der Waals surface area contributed by atoms with Gasteiger partial charge in [0.05, 0.1) is 89.2 Å². The number of hydrogen-bond donors (Lipinski definition) is 0. The molecule has 0 amide bonds. The Bertz CT molecular complexity index is 4790. The van der Waals surface area contributed by atoms with Crippen molar-refractivity contribution in [1.29, 1.82) is 15.8 Å². The van der Waals surface area contributed by atoms with Crippen LogP contribution in [-0.4, -0.2) is 11.6 Å². The molecule has 15 rings (SSSR count). The number of nitrogens with zero attached hydrogens (tertiary/aromatic N) is 8. The molecule has 0 fully saturated rings. The zero-order valence-corrected chi connectivity index (χ0v) is 54.5. The van der Waals surface area contributed by atoms with Gasteiger partial charge in [-0.2, -0.15) is 28.0 Å². The van der Waals surface area contributed by atoms with Crippen LogP contribution in [0.5, 0.6) is 0 Å². The van der Waals surface area contributed by atoms with Crippen molar-refractivity contribution < 1.29 is 9.59 Å². The van der Waals surface area contributed by atoms with Crippen molar-refractivity contribution in [2.45, 2.75) is 83.5 Å². The van der Waals surface area contributed by atoms with Crippen molar-refractivity contribution in [1.82, 2.24) is 0 Å². The average molecular weight is 1310 g/mol. The molecule has 0 bridgehead atoms. The SMILES string of the molecule is [C-]#[N+]/C(C#N)=C1/C(=C/c2sc(-c3cc4sc5c(c4s3)C(c3ccc(CCCCCC)cc3)(c3ccc(CCCCCC)cc3)c3c-5sc4cc(-c5sc(/C=C6\C(=O)c7sccc7C6=C(C#N)C#N)c6c5N=S=N6)sc34)c3c2N=S=N3)C(=O)c2sccc21. The quantitative estimate of drug-likeness (QED) is 0.0407. The smallest absolute Gasteiger partial charge is 0.270 e. The maximum atomic E-state index is 14.1. The molecule has 10 heterocycles. The van der Waals surface area contributed by atoms with Gasteiger partial charge in [0, 0.05) is 58.1 Å². The zero-order valence-electron chi connectivity index (χ0n) is 46.3. The van der Waals surface area contributed by atoms with Gasteiger partial charge in [-0.05, 0) is 101 Å². The summed E-state index contributed by atoms with van der Waals surface area (Å²) in [4.78, 5) is 40.8. The Morgan fingerprint density at radius 3 is 1.45 bits per heavy atom. The summed E-state index contributed by atoms with van der Waals surface area (Å²) in [5, 5.41) is 33.9. The molecule has 10 nitrogen and oxygen atoms in total. The van der Waals surface area contributed by atoms with Crippen LogP contribution < -0.4 is 0 Å². The van der Waals surface area contributed by atoms with Crippen LogP contribution in [0, 0.1) is 40.6 Å². The number of rotatable bonds is 16. The van der Waals surface area contributed by atoms with E-state index in [-0.39, 0.29) is 22.8 Å². The lowest BCUT2D eigenvalue weighted by molar-refractivity contribution is 0.103. The number of aryl methyl sites for hydroxylation is 2. The van der Waals surface area contributed by atoms with Crippen molar-refractivity contribution in [3.05, 3.63) is 181 Å². The van der Waals surface area contributed by atoms with Gasteiger partial charge >= 0.3 is 0 Å². The third-order valence-electron chi connectivity index (χ3n) is 16.6. The molecular weight excluding hydrogens is 1270 g/mol. The van der Waals surface area contributed by atoms with Gasteiger partial charge in [0.25, 0.3) is 5.70 Å². The summed E-state index contributed by atoms with van der Waals surface area (Å²) < 4.78 is 24.1. The van der Waals surface area contributed by atoms with Gasteiger partial charge in [-0.25, -0.2) is 10.1 Å². The van der Waals surface area contributed by atoms with E-state index in [1.165, 1.54) is 146 Å². The molecule has 20 heteroatoms. The fourth-order valence-corrected chi connectivity index (χ4v) is 23.8. The highest BCUT2D eigenvalue weighted by Crippen LogP contribution is 2.68. The summed E-state index contributed by atoms with van der Waals surface area (Å²) in [6.07, 6.45) is 15.2. The molecule has 0 saturated carbocycles. The lowest BCUT2D eigenvalue weighted by atomic mass is 9.68. The largest absolute Gasteiger partial charge is 0.288 e. The fourth-order valence-electron chi connectivity index (χ4n) is 12.6. The molecule has 3 aliphatic carbocycles. The van der Waals surface area contributed by atoms with Crippen LogP contribution in [0.3, 0.4) is 0 Å². The van der Waals surface area contributed by atoms with Crippen LogP contribution in [0.2, 0.25) is 0 Å². The topological polar surface area (TPSA) is 159 Å². The van der Waals surface area contributed by atoms with Crippen molar-refractivity contribution in [3.63, 3.8) is 0 Å². The van der Waals surface area contributed by atoms with E-state index in [0.717, 1.165) is 89.0 Å². The lowest BCUT2D eigenvalue weighted by Gasteiger charge is -2.33. The fraction of sp³-hybridized carbons (Fsp3) is 0.194. The van der Waals surface area contributed by atoms with E-state index < -0.39 is 5.41 Å². The van der Waals surface area contributed by atoms with Crippen LogP contribution in [0.15, 0.2) is 123 Å². The number of allylic oxidation sites excluding steroid dienone is 6. The molecule has 87 heavy (non-hydrogen) atoms. The number of carbonyl (C=O) groups excluding carboxylic acids is 2. The molecule has 0 unspecified atom stereocenters. The Balaban J connectivity index is 0.913. The van der Waals surface area contributed by atoms with Crippen LogP contribution in [0.1, 0.15) is 139 Å². The van der Waals surface area contributed by atoms with Crippen LogP contribution >= 0.6 is 90.7 Å².